The molecule has 0 amide bonds. The largest absolute Gasteiger partial charge is 0.248 e. The average Bonchev–Trinajstić information content (AvgIpc) is 2.48. The minimum absolute atomic E-state index is 0.318. The van der Waals surface area contributed by atoms with Crippen molar-refractivity contribution in [3.05, 3.63) is 82.7 Å². The lowest BCUT2D eigenvalue weighted by Gasteiger charge is -1.98. The number of allylic oxidation sites excluding steroid dienone is 2. The van der Waals surface area contributed by atoms with Gasteiger partial charge in [-0.3, -0.25) is 0 Å². The molecule has 0 unspecified atom stereocenters. The zero-order chi connectivity index (χ0) is 13.5. The third-order valence-electron chi connectivity index (χ3n) is 2.45. The van der Waals surface area contributed by atoms with Crippen LogP contribution in [0.1, 0.15) is 5.56 Å². The maximum atomic E-state index is 12.1. The highest BCUT2D eigenvalue weighted by Crippen LogP contribution is 2.17. The summed E-state index contributed by atoms with van der Waals surface area (Å²) in [6.45, 7) is 0. The fraction of sp³-hybridized carbons (Fsp3) is 0. The van der Waals surface area contributed by atoms with Crippen LogP contribution in [0.3, 0.4) is 0 Å². The van der Waals surface area contributed by atoms with E-state index in [1.165, 1.54) is 0 Å². The summed E-state index contributed by atoms with van der Waals surface area (Å²) >= 11 is 6.04. The third-order valence-corrected chi connectivity index (χ3v) is 4.19. The highest BCUT2D eigenvalue weighted by Gasteiger charge is 2.05. The molecule has 0 saturated heterocycles. The summed E-state index contributed by atoms with van der Waals surface area (Å²) in [5.74, 6) is 0. The summed E-state index contributed by atoms with van der Waals surface area (Å²) in [6, 6.07) is 19.0. The summed E-state index contributed by atoms with van der Waals surface area (Å²) in [4.78, 5) is 0.705. The van der Waals surface area contributed by atoms with Gasteiger partial charge in [-0.2, -0.15) is 0 Å². The van der Waals surface area contributed by atoms with Gasteiger partial charge in [0.25, 0.3) is 0 Å². The number of hydrogen-bond acceptors (Lipinski definition) is 1. The van der Waals surface area contributed by atoms with Crippen molar-refractivity contribution in [3.63, 3.8) is 0 Å². The van der Waals surface area contributed by atoms with Crippen molar-refractivity contribution in [2.24, 2.45) is 0 Å². The maximum Gasteiger partial charge on any atom is 0.109 e. The van der Waals surface area contributed by atoms with Crippen LogP contribution in [0.5, 0.6) is 0 Å². The van der Waals surface area contributed by atoms with E-state index in [2.05, 4.69) is 0 Å². The Labute approximate surface area is 120 Å². The highest BCUT2D eigenvalue weighted by molar-refractivity contribution is 7.90. The number of halogens is 1. The number of benzene rings is 2. The molecule has 0 aliphatic carbocycles. The lowest BCUT2D eigenvalue weighted by Crippen LogP contribution is -1.89. The van der Waals surface area contributed by atoms with Gasteiger partial charge < -0.3 is 0 Å². The topological polar surface area (TPSA) is 17.1 Å². The van der Waals surface area contributed by atoms with Crippen molar-refractivity contribution in [1.29, 1.82) is 0 Å². The van der Waals surface area contributed by atoms with Crippen LogP contribution in [0.4, 0.5) is 0 Å². The molecule has 0 aliphatic heterocycles. The van der Waals surface area contributed by atoms with Crippen LogP contribution in [-0.2, 0) is 10.8 Å². The molecule has 1 atom stereocenters. The quantitative estimate of drug-likeness (QED) is 0.752. The summed E-state index contributed by atoms with van der Waals surface area (Å²) in [5.41, 5.74) is 1.08. The average molecular weight is 289 g/mol. The molecule has 3 heteroatoms. The molecule has 0 fully saturated rings. The Balaban J connectivity index is 2.08. The highest BCUT2D eigenvalue weighted by atomic mass is 35.5. The van der Waals surface area contributed by atoms with Crippen LogP contribution in [0.2, 0.25) is 0 Å². The Bertz CT molecular complexity index is 603. The van der Waals surface area contributed by atoms with Gasteiger partial charge in [-0.1, -0.05) is 72.3 Å². The van der Waals surface area contributed by atoms with E-state index in [9.17, 15) is 4.21 Å². The maximum absolute atomic E-state index is 12.1. The molecule has 2 rings (SSSR count). The van der Waals surface area contributed by atoms with Crippen LogP contribution in [0.15, 0.2) is 82.1 Å². The van der Waals surface area contributed by atoms with Gasteiger partial charge in [-0.05, 0) is 23.8 Å². The van der Waals surface area contributed by atoms with Crippen molar-refractivity contribution >= 4 is 28.5 Å². The van der Waals surface area contributed by atoms with Crippen molar-refractivity contribution in [1.82, 2.24) is 0 Å². The first-order chi connectivity index (χ1) is 9.27. The standard InChI is InChI=1S/C16H13ClOS/c17-16(19(18)15-11-5-2-6-12-15)13-7-10-14-8-3-1-4-9-14/h1-13H/b10-7+,16-13+/t19-/m1/s1. The van der Waals surface area contributed by atoms with E-state index in [0.717, 1.165) is 5.56 Å². The van der Waals surface area contributed by atoms with E-state index in [0.29, 0.717) is 9.26 Å². The molecule has 0 aromatic heterocycles. The Hall–Kier alpha value is -1.64. The molecule has 19 heavy (non-hydrogen) atoms. The van der Waals surface area contributed by atoms with E-state index >= 15 is 0 Å². The van der Waals surface area contributed by atoms with Gasteiger partial charge in [0.2, 0.25) is 0 Å². The van der Waals surface area contributed by atoms with Gasteiger partial charge in [-0.25, -0.2) is 4.21 Å². The molecule has 1 nitrogen and oxygen atoms in total. The van der Waals surface area contributed by atoms with Crippen molar-refractivity contribution in [2.75, 3.05) is 0 Å². The SMILES string of the molecule is O=[S@@](/C(Cl)=C/C=C/c1ccccc1)c1ccccc1. The second-order valence-corrected chi connectivity index (χ2v) is 5.90. The van der Waals surface area contributed by atoms with E-state index in [1.807, 2.05) is 54.6 Å². The Morgan fingerprint density at radius 1 is 0.947 bits per heavy atom. The molecule has 0 spiro atoms. The van der Waals surface area contributed by atoms with Gasteiger partial charge in [0, 0.05) is 4.90 Å². The zero-order valence-electron chi connectivity index (χ0n) is 10.2. The van der Waals surface area contributed by atoms with E-state index < -0.39 is 10.8 Å². The van der Waals surface area contributed by atoms with Gasteiger partial charge in [0.15, 0.2) is 0 Å². The molecule has 0 saturated carbocycles. The molecule has 0 heterocycles. The van der Waals surface area contributed by atoms with Crippen LogP contribution < -0.4 is 0 Å². The van der Waals surface area contributed by atoms with E-state index in [1.54, 1.807) is 24.3 Å². The molecule has 0 radical (unpaired) electrons. The smallest absolute Gasteiger partial charge is 0.109 e. The summed E-state index contributed by atoms with van der Waals surface area (Å²) in [6.07, 6.45) is 5.39. The van der Waals surface area contributed by atoms with Gasteiger partial charge in [0.05, 0.1) is 10.8 Å². The van der Waals surface area contributed by atoms with Crippen molar-refractivity contribution < 1.29 is 4.21 Å². The predicted molar refractivity (Wildman–Crippen MR) is 82.3 cm³/mol. The molecule has 2 aromatic carbocycles. The minimum atomic E-state index is -1.31. The number of rotatable bonds is 4. The second kappa shape index (κ2) is 7.07. The van der Waals surface area contributed by atoms with Crippen LogP contribution >= 0.6 is 11.6 Å². The Morgan fingerprint density at radius 3 is 2.16 bits per heavy atom. The third kappa shape index (κ3) is 4.19. The van der Waals surface area contributed by atoms with E-state index in [4.69, 9.17) is 11.6 Å². The molecule has 96 valence electrons. The van der Waals surface area contributed by atoms with Crippen LogP contribution in [0.25, 0.3) is 6.08 Å². The molecule has 0 N–H and O–H groups in total. The lowest BCUT2D eigenvalue weighted by atomic mass is 10.2. The summed E-state index contributed by atoms with van der Waals surface area (Å²) in [5, 5.41) is 0. The van der Waals surface area contributed by atoms with Gasteiger partial charge in [-0.15, -0.1) is 0 Å². The van der Waals surface area contributed by atoms with Crippen LogP contribution in [-0.4, -0.2) is 4.21 Å². The molecular weight excluding hydrogens is 276 g/mol. The van der Waals surface area contributed by atoms with E-state index in [-0.39, 0.29) is 0 Å². The first kappa shape index (κ1) is 13.8. The van der Waals surface area contributed by atoms with Crippen LogP contribution in [0, 0.1) is 0 Å². The fourth-order valence-electron chi connectivity index (χ4n) is 1.52. The summed E-state index contributed by atoms with van der Waals surface area (Å²) in [7, 11) is -1.31. The molecule has 0 bridgehead atoms. The first-order valence-electron chi connectivity index (χ1n) is 5.83. The molecular formula is C16H13ClOS. The van der Waals surface area contributed by atoms with Gasteiger partial charge in [0.1, 0.15) is 4.36 Å². The predicted octanol–water partition coefficient (Wildman–Crippen LogP) is 4.59. The second-order valence-electron chi connectivity index (χ2n) is 3.82. The Morgan fingerprint density at radius 2 is 1.53 bits per heavy atom. The number of hydrogen-bond donors (Lipinski definition) is 0. The molecule has 0 aliphatic rings. The van der Waals surface area contributed by atoms with Gasteiger partial charge >= 0.3 is 0 Å². The Kier molecular flexibility index (Phi) is 5.13. The van der Waals surface area contributed by atoms with Crippen molar-refractivity contribution in [2.45, 2.75) is 4.90 Å². The normalized spacial score (nSPS) is 13.6. The van der Waals surface area contributed by atoms with Crippen molar-refractivity contribution in [3.8, 4) is 0 Å². The monoisotopic (exact) mass is 288 g/mol. The summed E-state index contributed by atoms with van der Waals surface area (Å²) < 4.78 is 12.4. The molecule has 2 aromatic rings. The first-order valence-corrected chi connectivity index (χ1v) is 7.36. The minimum Gasteiger partial charge on any atom is -0.248 e. The zero-order valence-corrected chi connectivity index (χ0v) is 11.8. The lowest BCUT2D eigenvalue weighted by molar-refractivity contribution is 0.688. The fourth-order valence-corrected chi connectivity index (χ4v) is 2.69.